The molecule has 0 bridgehead atoms. The standard InChI is InChI=1S/C20H21BO6/c1-24-20(22)17-8-6-16(11-19(17)27-14-4-2-3-5-14)26-15-7-9-18-13(10-15)12-25-21(18)23/h6-11,14,23H,2-5,12H2,1H3. The summed E-state index contributed by atoms with van der Waals surface area (Å²) in [5, 5.41) is 9.72. The van der Waals surface area contributed by atoms with Crippen molar-refractivity contribution in [3.05, 3.63) is 47.5 Å². The van der Waals surface area contributed by atoms with Crippen LogP contribution in [0.2, 0.25) is 0 Å². The van der Waals surface area contributed by atoms with Crippen molar-refractivity contribution in [2.45, 2.75) is 38.4 Å². The Morgan fingerprint density at radius 2 is 1.89 bits per heavy atom. The van der Waals surface area contributed by atoms with Crippen molar-refractivity contribution in [3.63, 3.8) is 0 Å². The maximum atomic E-state index is 12.1. The molecule has 0 spiro atoms. The summed E-state index contributed by atoms with van der Waals surface area (Å²) >= 11 is 0. The van der Waals surface area contributed by atoms with Gasteiger partial charge in [-0.2, -0.15) is 0 Å². The third kappa shape index (κ3) is 3.79. The van der Waals surface area contributed by atoms with Gasteiger partial charge in [0.15, 0.2) is 0 Å². The minimum Gasteiger partial charge on any atom is -0.489 e. The van der Waals surface area contributed by atoms with Gasteiger partial charge in [-0.3, -0.25) is 0 Å². The van der Waals surface area contributed by atoms with Crippen molar-refractivity contribution in [3.8, 4) is 17.2 Å². The van der Waals surface area contributed by atoms with E-state index in [1.54, 1.807) is 30.3 Å². The number of rotatable bonds is 5. The molecule has 1 heterocycles. The number of methoxy groups -OCH3 is 1. The highest BCUT2D eigenvalue weighted by atomic mass is 16.5. The van der Waals surface area contributed by atoms with Gasteiger partial charge in [-0.05, 0) is 61.0 Å². The van der Waals surface area contributed by atoms with Gasteiger partial charge in [-0.25, -0.2) is 4.79 Å². The summed E-state index contributed by atoms with van der Waals surface area (Å²) in [6.45, 7) is 0.352. The molecule has 27 heavy (non-hydrogen) atoms. The molecule has 6 nitrogen and oxygen atoms in total. The smallest absolute Gasteiger partial charge is 0.489 e. The van der Waals surface area contributed by atoms with Gasteiger partial charge in [0.2, 0.25) is 0 Å². The topological polar surface area (TPSA) is 74.2 Å². The monoisotopic (exact) mass is 368 g/mol. The van der Waals surface area contributed by atoms with E-state index >= 15 is 0 Å². The lowest BCUT2D eigenvalue weighted by Gasteiger charge is -2.17. The first-order valence-electron chi connectivity index (χ1n) is 9.13. The first-order chi connectivity index (χ1) is 13.1. The van der Waals surface area contributed by atoms with E-state index in [0.29, 0.717) is 29.4 Å². The minimum atomic E-state index is -0.875. The molecule has 0 aromatic heterocycles. The molecule has 140 valence electrons. The zero-order valence-electron chi connectivity index (χ0n) is 15.1. The minimum absolute atomic E-state index is 0.113. The number of carbonyl (C=O) groups is 1. The van der Waals surface area contributed by atoms with Crippen LogP contribution in [0, 0.1) is 0 Å². The zero-order chi connectivity index (χ0) is 18.8. The van der Waals surface area contributed by atoms with Gasteiger partial charge < -0.3 is 23.9 Å². The second kappa shape index (κ2) is 7.62. The van der Waals surface area contributed by atoms with Crippen LogP contribution in [0.15, 0.2) is 36.4 Å². The van der Waals surface area contributed by atoms with E-state index in [2.05, 4.69) is 0 Å². The van der Waals surface area contributed by atoms with E-state index < -0.39 is 13.1 Å². The summed E-state index contributed by atoms with van der Waals surface area (Å²) in [7, 11) is 0.479. The summed E-state index contributed by atoms with van der Waals surface area (Å²) in [5.74, 6) is 1.24. The highest BCUT2D eigenvalue weighted by Crippen LogP contribution is 2.32. The Hall–Kier alpha value is -2.51. The fraction of sp³-hybridized carbons (Fsp3) is 0.350. The molecule has 1 aliphatic heterocycles. The molecule has 0 unspecified atom stereocenters. The Balaban J connectivity index is 1.58. The average Bonchev–Trinajstić information content (AvgIpc) is 3.31. The molecule has 1 saturated carbocycles. The van der Waals surface area contributed by atoms with Gasteiger partial charge in [0.25, 0.3) is 0 Å². The van der Waals surface area contributed by atoms with Crippen LogP contribution in [-0.4, -0.2) is 31.3 Å². The normalized spacial score (nSPS) is 16.3. The molecule has 1 N–H and O–H groups in total. The van der Waals surface area contributed by atoms with Crippen LogP contribution in [0.3, 0.4) is 0 Å². The van der Waals surface area contributed by atoms with Crippen molar-refractivity contribution in [1.82, 2.24) is 0 Å². The number of hydrogen-bond acceptors (Lipinski definition) is 6. The van der Waals surface area contributed by atoms with Gasteiger partial charge in [0.05, 0.1) is 19.8 Å². The number of esters is 1. The van der Waals surface area contributed by atoms with Gasteiger partial charge in [-0.15, -0.1) is 0 Å². The SMILES string of the molecule is COC(=O)c1ccc(Oc2ccc3c(c2)COB3O)cc1OC1CCCC1. The fourth-order valence-corrected chi connectivity index (χ4v) is 3.53. The molecule has 0 atom stereocenters. The zero-order valence-corrected chi connectivity index (χ0v) is 15.1. The van der Waals surface area contributed by atoms with Gasteiger partial charge in [-0.1, -0.05) is 6.07 Å². The summed E-state index contributed by atoms with van der Waals surface area (Å²) in [4.78, 5) is 12.1. The second-order valence-electron chi connectivity index (χ2n) is 6.80. The molecule has 1 aliphatic carbocycles. The van der Waals surface area contributed by atoms with Crippen molar-refractivity contribution in [1.29, 1.82) is 0 Å². The summed E-state index contributed by atoms with van der Waals surface area (Å²) in [6, 6.07) is 10.5. The molecule has 4 rings (SSSR count). The summed E-state index contributed by atoms with van der Waals surface area (Å²) in [6.07, 6.45) is 4.36. The Bertz CT molecular complexity index is 846. The van der Waals surface area contributed by atoms with Crippen LogP contribution in [0.5, 0.6) is 17.2 Å². The molecule has 2 aromatic rings. The van der Waals surface area contributed by atoms with Crippen LogP contribution in [0.25, 0.3) is 0 Å². The first kappa shape index (κ1) is 17.9. The molecule has 0 radical (unpaired) electrons. The quantitative estimate of drug-likeness (QED) is 0.646. The Kier molecular flexibility index (Phi) is 5.05. The molecule has 7 heteroatoms. The third-order valence-corrected chi connectivity index (χ3v) is 4.97. The van der Waals surface area contributed by atoms with E-state index in [0.717, 1.165) is 36.7 Å². The van der Waals surface area contributed by atoms with Crippen LogP contribution in [-0.2, 0) is 16.0 Å². The second-order valence-corrected chi connectivity index (χ2v) is 6.80. The number of ether oxygens (including phenoxy) is 3. The van der Waals surface area contributed by atoms with Crippen molar-refractivity contribution < 1.29 is 28.7 Å². The summed E-state index contributed by atoms with van der Waals surface area (Å²) in [5.41, 5.74) is 2.05. The first-order valence-corrected chi connectivity index (χ1v) is 9.13. The third-order valence-electron chi connectivity index (χ3n) is 4.97. The molecule has 1 fully saturated rings. The van der Waals surface area contributed by atoms with Crippen LogP contribution in [0.4, 0.5) is 0 Å². The molecule has 2 aromatic carbocycles. The van der Waals surface area contributed by atoms with E-state index in [9.17, 15) is 9.82 Å². The lowest BCUT2D eigenvalue weighted by Crippen LogP contribution is -2.27. The largest absolute Gasteiger partial charge is 0.491 e. The van der Waals surface area contributed by atoms with E-state index in [-0.39, 0.29) is 6.10 Å². The highest BCUT2D eigenvalue weighted by Gasteiger charge is 2.27. The number of benzene rings is 2. The predicted octanol–water partition coefficient (Wildman–Crippen LogP) is 2.80. The van der Waals surface area contributed by atoms with E-state index in [1.165, 1.54) is 7.11 Å². The van der Waals surface area contributed by atoms with Crippen LogP contribution >= 0.6 is 0 Å². The Morgan fingerprint density at radius 3 is 2.67 bits per heavy atom. The summed E-state index contributed by atoms with van der Waals surface area (Å²) < 4.78 is 22.1. The van der Waals surface area contributed by atoms with Crippen LogP contribution in [0.1, 0.15) is 41.6 Å². The van der Waals surface area contributed by atoms with Gasteiger partial charge >= 0.3 is 13.1 Å². The predicted molar refractivity (Wildman–Crippen MR) is 99.6 cm³/mol. The van der Waals surface area contributed by atoms with E-state index in [4.69, 9.17) is 18.9 Å². The lowest BCUT2D eigenvalue weighted by molar-refractivity contribution is 0.0593. The number of carbonyl (C=O) groups excluding carboxylic acids is 1. The van der Waals surface area contributed by atoms with Crippen molar-refractivity contribution >= 4 is 18.6 Å². The van der Waals surface area contributed by atoms with Gasteiger partial charge in [0, 0.05) is 6.07 Å². The molecule has 0 amide bonds. The fourth-order valence-electron chi connectivity index (χ4n) is 3.53. The molecule has 2 aliphatic rings. The molecular weight excluding hydrogens is 347 g/mol. The van der Waals surface area contributed by atoms with E-state index in [1.807, 2.05) is 6.07 Å². The Labute approximate surface area is 158 Å². The average molecular weight is 368 g/mol. The molecular formula is C20H21BO6. The number of hydrogen-bond donors (Lipinski definition) is 1. The van der Waals surface area contributed by atoms with Crippen molar-refractivity contribution in [2.24, 2.45) is 0 Å². The highest BCUT2D eigenvalue weighted by molar-refractivity contribution is 6.61. The Morgan fingerprint density at radius 1 is 1.15 bits per heavy atom. The molecule has 0 saturated heterocycles. The number of fused-ring (bicyclic) bond motifs is 1. The lowest BCUT2D eigenvalue weighted by atomic mass is 9.80. The van der Waals surface area contributed by atoms with Crippen LogP contribution < -0.4 is 14.9 Å². The maximum Gasteiger partial charge on any atom is 0.491 e. The van der Waals surface area contributed by atoms with Gasteiger partial charge in [0.1, 0.15) is 22.8 Å². The maximum absolute atomic E-state index is 12.1. The van der Waals surface area contributed by atoms with Crippen molar-refractivity contribution in [2.75, 3.05) is 7.11 Å².